The number of rotatable bonds is 4. The fraction of sp³-hybridized carbons (Fsp3) is 0.176. The van der Waals surface area contributed by atoms with Crippen molar-refractivity contribution in [3.8, 4) is 0 Å². The van der Waals surface area contributed by atoms with Gasteiger partial charge in [0.05, 0.1) is 17.1 Å². The molecule has 4 nitrogen and oxygen atoms in total. The quantitative estimate of drug-likeness (QED) is 0.900. The van der Waals surface area contributed by atoms with Crippen LogP contribution in [-0.4, -0.2) is 24.1 Å². The number of para-hydroxylation sites is 2. The zero-order valence-electron chi connectivity index (χ0n) is 12.6. The van der Waals surface area contributed by atoms with Crippen LogP contribution in [0.15, 0.2) is 42.5 Å². The number of amides is 2. The maximum Gasteiger partial charge on any atom is 0.244 e. The molecule has 7 heteroatoms. The first kappa shape index (κ1) is 16.8. The summed E-state index contributed by atoms with van der Waals surface area (Å²) in [7, 11) is 0. The number of anilines is 2. The molecule has 1 N–H and O–H groups in total. The Morgan fingerprint density at radius 3 is 2.88 bits per heavy atom. The molecule has 0 aromatic heterocycles. The molecule has 1 aliphatic heterocycles. The third-order valence-electron chi connectivity index (χ3n) is 3.57. The molecule has 2 aromatic carbocycles. The molecule has 1 heterocycles. The monoisotopic (exact) mass is 364 g/mol. The summed E-state index contributed by atoms with van der Waals surface area (Å²) in [4.78, 5) is 25.6. The van der Waals surface area contributed by atoms with Crippen molar-refractivity contribution >= 4 is 46.6 Å². The van der Waals surface area contributed by atoms with Gasteiger partial charge >= 0.3 is 0 Å². The van der Waals surface area contributed by atoms with Gasteiger partial charge in [0, 0.05) is 10.8 Å². The highest BCUT2D eigenvalue weighted by molar-refractivity contribution is 7.99. The van der Waals surface area contributed by atoms with Crippen LogP contribution < -0.4 is 10.2 Å². The lowest BCUT2D eigenvalue weighted by molar-refractivity contribution is -0.120. The van der Waals surface area contributed by atoms with Crippen LogP contribution in [0.4, 0.5) is 15.8 Å². The Balaban J connectivity index is 1.64. The molecular weight excluding hydrogens is 351 g/mol. The minimum absolute atomic E-state index is 0.00822. The summed E-state index contributed by atoms with van der Waals surface area (Å²) in [5, 5.41) is 3.08. The van der Waals surface area contributed by atoms with E-state index in [0.717, 1.165) is 0 Å². The molecule has 0 saturated heterocycles. The van der Waals surface area contributed by atoms with Gasteiger partial charge < -0.3 is 10.2 Å². The molecule has 0 aliphatic carbocycles. The molecule has 3 rings (SSSR count). The summed E-state index contributed by atoms with van der Waals surface area (Å²) < 4.78 is 13.7. The van der Waals surface area contributed by atoms with Crippen molar-refractivity contribution in [2.45, 2.75) is 5.75 Å². The summed E-state index contributed by atoms with van der Waals surface area (Å²) in [6.45, 7) is -0.00822. The van der Waals surface area contributed by atoms with Gasteiger partial charge in [0.2, 0.25) is 11.8 Å². The summed E-state index contributed by atoms with van der Waals surface area (Å²) >= 11 is 7.02. The molecule has 0 saturated carbocycles. The van der Waals surface area contributed by atoms with E-state index in [1.54, 1.807) is 30.3 Å². The van der Waals surface area contributed by atoms with Crippen LogP contribution in [0.1, 0.15) is 5.56 Å². The van der Waals surface area contributed by atoms with Crippen molar-refractivity contribution in [3.63, 3.8) is 0 Å². The first-order chi connectivity index (χ1) is 11.5. The second-order valence-electron chi connectivity index (χ2n) is 5.27. The molecule has 1 aliphatic rings. The molecule has 0 bridgehead atoms. The molecule has 2 amide bonds. The van der Waals surface area contributed by atoms with Crippen molar-refractivity contribution in [2.24, 2.45) is 0 Å². The van der Waals surface area contributed by atoms with Crippen LogP contribution in [-0.2, 0) is 15.3 Å². The average Bonchev–Trinajstić information content (AvgIpc) is 2.56. The van der Waals surface area contributed by atoms with Gasteiger partial charge in [-0.1, -0.05) is 29.8 Å². The van der Waals surface area contributed by atoms with Gasteiger partial charge in [-0.15, -0.1) is 11.8 Å². The molecule has 0 fully saturated rings. The first-order valence-electron chi connectivity index (χ1n) is 7.25. The number of nitrogens with zero attached hydrogens (tertiary/aromatic N) is 1. The fourth-order valence-corrected chi connectivity index (χ4v) is 3.47. The number of hydrogen-bond donors (Lipinski definition) is 1. The Labute approximate surface area is 148 Å². The summed E-state index contributed by atoms with van der Waals surface area (Å²) in [5.74, 6) is -0.280. The Morgan fingerprint density at radius 1 is 1.29 bits per heavy atom. The molecule has 0 unspecified atom stereocenters. The van der Waals surface area contributed by atoms with E-state index in [4.69, 9.17) is 11.6 Å². The minimum atomic E-state index is -0.384. The van der Waals surface area contributed by atoms with E-state index < -0.39 is 0 Å². The molecule has 24 heavy (non-hydrogen) atoms. The lowest BCUT2D eigenvalue weighted by Crippen LogP contribution is -2.43. The van der Waals surface area contributed by atoms with E-state index >= 15 is 0 Å². The predicted octanol–water partition coefficient (Wildman–Crippen LogP) is 3.70. The standard InChI is InChI=1S/C17H14ClFN2O2S/c18-12-6-5-11(13(19)7-12)9-24-10-17(23)21-8-16(22)20-14-3-1-2-4-15(14)21/h1-7H,8-10H2,(H,20,22). The van der Waals surface area contributed by atoms with Gasteiger partial charge in [-0.2, -0.15) is 0 Å². The fourth-order valence-electron chi connectivity index (χ4n) is 2.42. The van der Waals surface area contributed by atoms with Crippen molar-refractivity contribution in [2.75, 3.05) is 22.5 Å². The highest BCUT2D eigenvalue weighted by Gasteiger charge is 2.26. The van der Waals surface area contributed by atoms with Gasteiger partial charge in [0.15, 0.2) is 0 Å². The maximum atomic E-state index is 13.7. The highest BCUT2D eigenvalue weighted by atomic mass is 35.5. The zero-order valence-corrected chi connectivity index (χ0v) is 14.2. The number of halogens is 2. The van der Waals surface area contributed by atoms with Crippen LogP contribution in [0, 0.1) is 5.82 Å². The first-order valence-corrected chi connectivity index (χ1v) is 8.79. The molecule has 0 atom stereocenters. The van der Waals surface area contributed by atoms with Crippen LogP contribution in [0.5, 0.6) is 0 Å². The lowest BCUT2D eigenvalue weighted by Gasteiger charge is -2.29. The van der Waals surface area contributed by atoms with E-state index in [-0.39, 0.29) is 29.9 Å². The van der Waals surface area contributed by atoms with Gasteiger partial charge in [0.1, 0.15) is 12.4 Å². The molecule has 0 spiro atoms. The lowest BCUT2D eigenvalue weighted by atomic mass is 10.2. The van der Waals surface area contributed by atoms with Crippen molar-refractivity contribution in [1.82, 2.24) is 0 Å². The minimum Gasteiger partial charge on any atom is -0.323 e. The van der Waals surface area contributed by atoms with Crippen LogP contribution >= 0.6 is 23.4 Å². The van der Waals surface area contributed by atoms with Crippen LogP contribution in [0.3, 0.4) is 0 Å². The van der Waals surface area contributed by atoms with Crippen molar-refractivity contribution in [3.05, 3.63) is 58.9 Å². The zero-order chi connectivity index (χ0) is 17.1. The third kappa shape index (κ3) is 3.71. The van der Waals surface area contributed by atoms with E-state index in [9.17, 15) is 14.0 Å². The second kappa shape index (κ2) is 7.23. The number of benzene rings is 2. The summed E-state index contributed by atoms with van der Waals surface area (Å²) in [6.07, 6.45) is 0. The number of hydrogen-bond acceptors (Lipinski definition) is 3. The van der Waals surface area contributed by atoms with Crippen LogP contribution in [0.25, 0.3) is 0 Å². The van der Waals surface area contributed by atoms with Crippen LogP contribution in [0.2, 0.25) is 5.02 Å². The molecule has 2 aromatic rings. The Kier molecular flexibility index (Phi) is 5.06. The second-order valence-corrected chi connectivity index (χ2v) is 6.70. The molecule has 0 radical (unpaired) electrons. The largest absolute Gasteiger partial charge is 0.323 e. The van der Waals surface area contributed by atoms with Gasteiger partial charge in [-0.05, 0) is 29.8 Å². The predicted molar refractivity (Wildman–Crippen MR) is 95.0 cm³/mol. The Bertz CT molecular complexity index is 800. The maximum absolute atomic E-state index is 13.7. The summed E-state index contributed by atoms with van der Waals surface area (Å²) in [6, 6.07) is 11.6. The Hall–Kier alpha value is -2.05. The smallest absolute Gasteiger partial charge is 0.244 e. The van der Waals surface area contributed by atoms with Gasteiger partial charge in [-0.25, -0.2) is 4.39 Å². The number of nitrogens with one attached hydrogen (secondary N) is 1. The topological polar surface area (TPSA) is 49.4 Å². The molecular formula is C17H14ClFN2O2S. The SMILES string of the molecule is O=C1CN(C(=O)CSCc2ccc(Cl)cc2F)c2ccccc2N1. The van der Waals surface area contributed by atoms with E-state index in [2.05, 4.69) is 5.32 Å². The normalized spacial score (nSPS) is 13.4. The average molecular weight is 365 g/mol. The highest BCUT2D eigenvalue weighted by Crippen LogP contribution is 2.29. The number of carbonyl (C=O) groups excluding carboxylic acids is 2. The number of carbonyl (C=O) groups is 2. The van der Waals surface area contributed by atoms with Crippen molar-refractivity contribution in [1.29, 1.82) is 0 Å². The van der Waals surface area contributed by atoms with E-state index in [1.165, 1.54) is 22.7 Å². The van der Waals surface area contributed by atoms with E-state index in [0.29, 0.717) is 27.7 Å². The summed E-state index contributed by atoms with van der Waals surface area (Å²) in [5.41, 5.74) is 1.80. The number of fused-ring (bicyclic) bond motifs is 1. The molecule has 124 valence electrons. The Morgan fingerprint density at radius 2 is 2.08 bits per heavy atom. The number of thioether (sulfide) groups is 1. The van der Waals surface area contributed by atoms with E-state index in [1.807, 2.05) is 6.07 Å². The van der Waals surface area contributed by atoms with Gasteiger partial charge in [0.25, 0.3) is 0 Å². The van der Waals surface area contributed by atoms with Gasteiger partial charge in [-0.3, -0.25) is 9.59 Å². The van der Waals surface area contributed by atoms with Crippen molar-refractivity contribution < 1.29 is 14.0 Å². The third-order valence-corrected chi connectivity index (χ3v) is 4.77.